The van der Waals surface area contributed by atoms with Crippen molar-refractivity contribution in [2.75, 3.05) is 27.4 Å². The summed E-state index contributed by atoms with van der Waals surface area (Å²) < 4.78 is 18.5. The number of benzene rings is 1. The van der Waals surface area contributed by atoms with Crippen LogP contribution in [0.1, 0.15) is 27.6 Å². The Hall–Kier alpha value is -4.31. The Morgan fingerprint density at radius 3 is 2.54 bits per heavy atom. The number of hydrogen-bond donors (Lipinski definition) is 0. The summed E-state index contributed by atoms with van der Waals surface area (Å²) in [7, 11) is 3.05. The van der Waals surface area contributed by atoms with E-state index in [9.17, 15) is 14.4 Å². The van der Waals surface area contributed by atoms with Gasteiger partial charge in [0, 0.05) is 25.4 Å². The average Bonchev–Trinajstić information content (AvgIpc) is 2.88. The molecule has 0 fully saturated rings. The largest absolute Gasteiger partial charge is 0.497 e. The monoisotopic (exact) mass is 476 g/mol. The van der Waals surface area contributed by atoms with E-state index < -0.39 is 11.9 Å². The molecule has 0 bridgehead atoms. The third-order valence-electron chi connectivity index (χ3n) is 5.35. The summed E-state index contributed by atoms with van der Waals surface area (Å²) in [5, 5.41) is 0.184. The first-order valence-electron chi connectivity index (χ1n) is 10.9. The van der Waals surface area contributed by atoms with Crippen LogP contribution in [0.25, 0.3) is 16.7 Å². The van der Waals surface area contributed by atoms with Crippen molar-refractivity contribution >= 4 is 28.6 Å². The van der Waals surface area contributed by atoms with Crippen molar-refractivity contribution in [3.63, 3.8) is 0 Å². The van der Waals surface area contributed by atoms with Gasteiger partial charge < -0.3 is 18.8 Å². The number of fused-ring (bicyclic) bond motifs is 2. The van der Waals surface area contributed by atoms with Gasteiger partial charge in [-0.3, -0.25) is 14.0 Å². The zero-order chi connectivity index (χ0) is 24.9. The topological polar surface area (TPSA) is 113 Å². The molecule has 0 aliphatic carbocycles. The molecule has 180 valence electrons. The van der Waals surface area contributed by atoms with Crippen molar-refractivity contribution in [3.05, 3.63) is 81.7 Å². The van der Waals surface area contributed by atoms with Crippen LogP contribution in [-0.2, 0) is 16.0 Å². The van der Waals surface area contributed by atoms with E-state index in [1.165, 1.54) is 24.7 Å². The fourth-order valence-electron chi connectivity index (χ4n) is 3.65. The Labute approximate surface area is 200 Å². The molecule has 0 unspecified atom stereocenters. The molecule has 0 saturated heterocycles. The van der Waals surface area contributed by atoms with E-state index in [1.54, 1.807) is 60.2 Å². The summed E-state index contributed by atoms with van der Waals surface area (Å²) in [5.41, 5.74) is 0.619. The van der Waals surface area contributed by atoms with Crippen molar-refractivity contribution in [2.45, 2.75) is 13.5 Å². The van der Waals surface area contributed by atoms with Crippen LogP contribution in [0, 0.1) is 0 Å². The molecule has 0 saturated carbocycles. The van der Waals surface area contributed by atoms with Crippen molar-refractivity contribution in [2.24, 2.45) is 4.99 Å². The lowest BCUT2D eigenvalue weighted by atomic mass is 10.2. The Bertz CT molecular complexity index is 1540. The number of rotatable bonds is 7. The SMILES string of the molecule is CCOC(=O)c1cc2c(=O)n3ccccc3nc2n(CCOC)c1=NC(=O)c1ccc(OC)cc1. The van der Waals surface area contributed by atoms with Gasteiger partial charge in [0.2, 0.25) is 0 Å². The van der Waals surface area contributed by atoms with Crippen LogP contribution >= 0.6 is 0 Å². The number of methoxy groups -OCH3 is 2. The van der Waals surface area contributed by atoms with E-state index in [1.807, 2.05) is 0 Å². The van der Waals surface area contributed by atoms with Gasteiger partial charge in [0.15, 0.2) is 5.49 Å². The van der Waals surface area contributed by atoms with Crippen molar-refractivity contribution < 1.29 is 23.8 Å². The molecule has 3 aromatic heterocycles. The molecule has 35 heavy (non-hydrogen) atoms. The lowest BCUT2D eigenvalue weighted by Crippen LogP contribution is -2.33. The van der Waals surface area contributed by atoms with Gasteiger partial charge in [-0.1, -0.05) is 6.07 Å². The third kappa shape index (κ3) is 4.69. The predicted octanol–water partition coefficient (Wildman–Crippen LogP) is 2.22. The number of amides is 1. The predicted molar refractivity (Wildman–Crippen MR) is 128 cm³/mol. The summed E-state index contributed by atoms with van der Waals surface area (Å²) >= 11 is 0. The van der Waals surface area contributed by atoms with Crippen LogP contribution in [0.5, 0.6) is 5.75 Å². The molecular weight excluding hydrogens is 452 g/mol. The van der Waals surface area contributed by atoms with Gasteiger partial charge in [0.1, 0.15) is 22.6 Å². The highest BCUT2D eigenvalue weighted by Gasteiger charge is 2.20. The summed E-state index contributed by atoms with van der Waals surface area (Å²) in [6.07, 6.45) is 1.60. The lowest BCUT2D eigenvalue weighted by molar-refractivity contribution is 0.0523. The number of nitrogens with zero attached hydrogens (tertiary/aromatic N) is 4. The highest BCUT2D eigenvalue weighted by atomic mass is 16.5. The number of hydrogen-bond acceptors (Lipinski definition) is 7. The summed E-state index contributed by atoms with van der Waals surface area (Å²) in [5.74, 6) is -0.702. The maximum absolute atomic E-state index is 13.3. The molecule has 0 aliphatic heterocycles. The maximum Gasteiger partial charge on any atom is 0.341 e. The van der Waals surface area contributed by atoms with E-state index in [2.05, 4.69) is 9.98 Å². The molecule has 4 aromatic rings. The standard InChI is InChI=1S/C25H24N4O6/c1-4-35-25(32)19-15-18-21(26-20-7-5-6-12-28(20)24(18)31)29(13-14-33-2)22(19)27-23(30)16-8-10-17(34-3)11-9-16/h5-12,15H,4,13-14H2,1-3H3. The van der Waals surface area contributed by atoms with Gasteiger partial charge in [0.25, 0.3) is 11.5 Å². The van der Waals surface area contributed by atoms with Gasteiger partial charge >= 0.3 is 5.97 Å². The number of esters is 1. The van der Waals surface area contributed by atoms with E-state index in [4.69, 9.17) is 14.2 Å². The van der Waals surface area contributed by atoms with Crippen LogP contribution < -0.4 is 15.8 Å². The number of carbonyl (C=O) groups excluding carboxylic acids is 2. The van der Waals surface area contributed by atoms with E-state index in [0.717, 1.165) is 0 Å². The quantitative estimate of drug-likeness (QED) is 0.297. The molecule has 0 atom stereocenters. The number of aromatic nitrogens is 3. The van der Waals surface area contributed by atoms with Crippen LogP contribution in [0.15, 0.2) is 64.5 Å². The molecule has 4 rings (SSSR count). The van der Waals surface area contributed by atoms with Crippen LogP contribution in [0.4, 0.5) is 0 Å². The first kappa shape index (κ1) is 23.8. The molecule has 1 aromatic carbocycles. The molecule has 0 radical (unpaired) electrons. The van der Waals surface area contributed by atoms with Gasteiger partial charge in [0.05, 0.1) is 25.7 Å². The van der Waals surface area contributed by atoms with Crippen LogP contribution in [0.3, 0.4) is 0 Å². The fourth-order valence-corrected chi connectivity index (χ4v) is 3.65. The molecular formula is C25H24N4O6. The molecule has 0 spiro atoms. The minimum Gasteiger partial charge on any atom is -0.497 e. The fraction of sp³-hybridized carbons (Fsp3) is 0.240. The molecule has 3 heterocycles. The van der Waals surface area contributed by atoms with Crippen molar-refractivity contribution in [3.8, 4) is 5.75 Å². The smallest absolute Gasteiger partial charge is 0.341 e. The van der Waals surface area contributed by atoms with Crippen LogP contribution in [-0.4, -0.2) is 53.3 Å². The average molecular weight is 476 g/mol. The Kier molecular flexibility index (Phi) is 7.02. The van der Waals surface area contributed by atoms with E-state index >= 15 is 0 Å². The molecule has 0 aliphatic rings. The van der Waals surface area contributed by atoms with Gasteiger partial charge in [-0.25, -0.2) is 9.78 Å². The lowest BCUT2D eigenvalue weighted by Gasteiger charge is -2.15. The van der Waals surface area contributed by atoms with Crippen molar-refractivity contribution in [1.82, 2.24) is 14.0 Å². The molecule has 1 amide bonds. The Morgan fingerprint density at radius 2 is 1.86 bits per heavy atom. The van der Waals surface area contributed by atoms with Crippen LogP contribution in [0.2, 0.25) is 0 Å². The summed E-state index contributed by atoms with van der Waals surface area (Å²) in [6, 6.07) is 13.0. The minimum atomic E-state index is -0.709. The highest BCUT2D eigenvalue weighted by Crippen LogP contribution is 2.14. The normalized spacial score (nSPS) is 11.7. The Morgan fingerprint density at radius 1 is 1.09 bits per heavy atom. The first-order chi connectivity index (χ1) is 17.0. The number of pyridine rings is 2. The third-order valence-corrected chi connectivity index (χ3v) is 5.35. The van der Waals surface area contributed by atoms with Gasteiger partial charge in [-0.2, -0.15) is 4.99 Å². The second kappa shape index (κ2) is 10.3. The highest BCUT2D eigenvalue weighted by molar-refractivity contribution is 5.97. The minimum absolute atomic E-state index is 0.0212. The van der Waals surface area contributed by atoms with E-state index in [0.29, 0.717) is 17.0 Å². The Balaban J connectivity index is 2.07. The first-order valence-corrected chi connectivity index (χ1v) is 10.9. The van der Waals surface area contributed by atoms with Gasteiger partial charge in [-0.15, -0.1) is 0 Å². The van der Waals surface area contributed by atoms with Gasteiger partial charge in [-0.05, 0) is 49.4 Å². The zero-order valence-corrected chi connectivity index (χ0v) is 19.6. The summed E-state index contributed by atoms with van der Waals surface area (Å²) in [6.45, 7) is 2.18. The molecule has 0 N–H and O–H groups in total. The second-order valence-electron chi connectivity index (χ2n) is 7.48. The second-order valence-corrected chi connectivity index (χ2v) is 7.48. The van der Waals surface area contributed by atoms with E-state index in [-0.39, 0.29) is 47.4 Å². The maximum atomic E-state index is 13.3. The zero-order valence-electron chi connectivity index (χ0n) is 19.6. The van der Waals surface area contributed by atoms with Crippen molar-refractivity contribution in [1.29, 1.82) is 0 Å². The molecule has 10 heteroatoms. The number of carbonyl (C=O) groups is 2. The molecule has 10 nitrogen and oxygen atoms in total. The summed E-state index contributed by atoms with van der Waals surface area (Å²) in [4.78, 5) is 48.2. The number of ether oxygens (including phenoxy) is 3.